The number of nitrogens with one attached hydrogen (secondary N) is 1. The molecule has 8 heteroatoms. The molecule has 2 heterocycles. The first-order chi connectivity index (χ1) is 9.61. The second kappa shape index (κ2) is 4.57. The predicted molar refractivity (Wildman–Crippen MR) is 75.4 cm³/mol. The summed E-state index contributed by atoms with van der Waals surface area (Å²) in [5.41, 5.74) is 0.758. The summed E-state index contributed by atoms with van der Waals surface area (Å²) < 4.78 is 8.26. The quantitative estimate of drug-likeness (QED) is 0.716. The highest BCUT2D eigenvalue weighted by Crippen LogP contribution is 2.18. The molecule has 0 radical (unpaired) electrons. The van der Waals surface area contributed by atoms with Gasteiger partial charge in [0.05, 0.1) is 7.11 Å². The Morgan fingerprint density at radius 1 is 1.30 bits per heavy atom. The maximum Gasteiger partial charge on any atom is 0.281 e. The average Bonchev–Trinajstić information content (AvgIpc) is 2.84. The molecule has 102 valence electrons. The minimum Gasteiger partial charge on any atom is -0.497 e. The summed E-state index contributed by atoms with van der Waals surface area (Å²) in [6.07, 6.45) is 0. The Morgan fingerprint density at radius 3 is 2.65 bits per heavy atom. The smallest absolute Gasteiger partial charge is 0.281 e. The number of H-pyrrole nitrogens is 1. The monoisotopic (exact) mass is 289 g/mol. The Bertz CT molecular complexity index is 891. The van der Waals surface area contributed by atoms with Crippen molar-refractivity contribution in [3.8, 4) is 17.0 Å². The van der Waals surface area contributed by atoms with Crippen molar-refractivity contribution in [2.75, 3.05) is 7.11 Å². The van der Waals surface area contributed by atoms with Gasteiger partial charge in [0.25, 0.3) is 11.3 Å². The van der Waals surface area contributed by atoms with Crippen LogP contribution in [0.15, 0.2) is 29.1 Å². The molecule has 0 atom stereocenters. The molecule has 3 rings (SSSR count). The van der Waals surface area contributed by atoms with E-state index in [1.54, 1.807) is 38.4 Å². The van der Waals surface area contributed by atoms with Gasteiger partial charge in [0.1, 0.15) is 5.75 Å². The summed E-state index contributed by atoms with van der Waals surface area (Å²) in [5.74, 6) is 1.09. The number of rotatable bonds is 2. The third-order valence-corrected chi connectivity index (χ3v) is 3.27. The van der Waals surface area contributed by atoms with E-state index in [-0.39, 0.29) is 5.56 Å². The number of benzene rings is 1. The highest BCUT2D eigenvalue weighted by molar-refractivity contribution is 7.71. The number of aryl methyl sites for hydroxylation is 1. The molecule has 1 aromatic carbocycles. The minimum atomic E-state index is -0.239. The molecule has 0 spiro atoms. The van der Waals surface area contributed by atoms with Crippen LogP contribution in [0.4, 0.5) is 0 Å². The topological polar surface area (TPSA) is 77.2 Å². The van der Waals surface area contributed by atoms with Gasteiger partial charge in [0, 0.05) is 12.6 Å². The first kappa shape index (κ1) is 12.5. The van der Waals surface area contributed by atoms with Crippen molar-refractivity contribution in [2.45, 2.75) is 0 Å². The normalized spacial score (nSPS) is 10.9. The lowest BCUT2D eigenvalue weighted by Crippen LogP contribution is -2.23. The van der Waals surface area contributed by atoms with E-state index in [1.165, 1.54) is 9.08 Å². The SMILES string of the molecule is COc1ccc(-c2nn3c(=S)[nH]nc3n(C)c2=O)cc1. The van der Waals surface area contributed by atoms with Gasteiger partial charge in [-0.05, 0) is 36.5 Å². The summed E-state index contributed by atoms with van der Waals surface area (Å²) in [5, 5.41) is 10.8. The van der Waals surface area contributed by atoms with Crippen LogP contribution in [0.25, 0.3) is 17.0 Å². The number of ether oxygens (including phenoxy) is 1. The van der Waals surface area contributed by atoms with E-state index in [9.17, 15) is 4.79 Å². The van der Waals surface area contributed by atoms with Gasteiger partial charge < -0.3 is 4.74 Å². The van der Waals surface area contributed by atoms with Crippen LogP contribution < -0.4 is 10.3 Å². The zero-order valence-corrected chi connectivity index (χ0v) is 11.6. The third-order valence-electron chi connectivity index (χ3n) is 3.00. The lowest BCUT2D eigenvalue weighted by molar-refractivity contribution is 0.415. The molecule has 0 unspecified atom stereocenters. The summed E-state index contributed by atoms with van der Waals surface area (Å²) >= 11 is 5.09. The third kappa shape index (κ3) is 1.81. The van der Waals surface area contributed by atoms with Gasteiger partial charge in [-0.3, -0.25) is 9.36 Å². The van der Waals surface area contributed by atoms with Gasteiger partial charge in [-0.15, -0.1) is 5.10 Å². The van der Waals surface area contributed by atoms with Crippen molar-refractivity contribution in [3.63, 3.8) is 0 Å². The van der Waals surface area contributed by atoms with Crippen LogP contribution in [0.5, 0.6) is 5.75 Å². The van der Waals surface area contributed by atoms with Gasteiger partial charge in [-0.25, -0.2) is 5.10 Å². The van der Waals surface area contributed by atoms with Crippen molar-refractivity contribution < 1.29 is 4.74 Å². The number of aromatic amines is 1. The van der Waals surface area contributed by atoms with Gasteiger partial charge in [-0.2, -0.15) is 9.61 Å². The van der Waals surface area contributed by atoms with E-state index in [2.05, 4.69) is 15.3 Å². The van der Waals surface area contributed by atoms with E-state index in [0.29, 0.717) is 27.6 Å². The van der Waals surface area contributed by atoms with Crippen LogP contribution in [0.1, 0.15) is 0 Å². The molecule has 7 nitrogen and oxygen atoms in total. The first-order valence-corrected chi connectivity index (χ1v) is 6.21. The lowest BCUT2D eigenvalue weighted by atomic mass is 10.1. The van der Waals surface area contributed by atoms with E-state index in [0.717, 1.165) is 0 Å². The zero-order chi connectivity index (χ0) is 14.3. The number of methoxy groups -OCH3 is 1. The number of nitrogens with zero attached hydrogens (tertiary/aromatic N) is 4. The molecular weight excluding hydrogens is 278 g/mol. The van der Waals surface area contributed by atoms with Crippen molar-refractivity contribution in [1.29, 1.82) is 0 Å². The minimum absolute atomic E-state index is 0.239. The molecule has 0 saturated carbocycles. The number of hydrogen-bond donors (Lipinski definition) is 1. The second-order valence-electron chi connectivity index (χ2n) is 4.18. The van der Waals surface area contributed by atoms with Gasteiger partial charge in [0.15, 0.2) is 5.69 Å². The molecule has 0 bridgehead atoms. The molecule has 0 fully saturated rings. The Labute approximate surface area is 118 Å². The van der Waals surface area contributed by atoms with Gasteiger partial charge in [-0.1, -0.05) is 0 Å². The molecule has 2 aromatic heterocycles. The Hall–Kier alpha value is -2.48. The fourth-order valence-corrected chi connectivity index (χ4v) is 2.08. The van der Waals surface area contributed by atoms with E-state index in [1.807, 2.05) is 0 Å². The van der Waals surface area contributed by atoms with Gasteiger partial charge >= 0.3 is 0 Å². The molecule has 0 amide bonds. The Balaban J connectivity index is 2.29. The second-order valence-corrected chi connectivity index (χ2v) is 4.57. The van der Waals surface area contributed by atoms with Crippen LogP contribution in [0.2, 0.25) is 0 Å². The standard InChI is InChI=1S/C12H11N5O2S/c1-16-10(18)9(7-3-5-8(19-2)6-4-7)15-17-11(16)13-14-12(17)20/h3-6H,1-2H3,(H,14,20). The summed E-state index contributed by atoms with van der Waals surface area (Å²) in [7, 11) is 3.21. The van der Waals surface area contributed by atoms with Crippen LogP contribution in [-0.4, -0.2) is 31.5 Å². The average molecular weight is 289 g/mol. The molecule has 3 aromatic rings. The number of hydrogen-bond acceptors (Lipinski definition) is 5. The number of aromatic nitrogens is 5. The van der Waals surface area contributed by atoms with Crippen molar-refractivity contribution in [1.82, 2.24) is 24.4 Å². The van der Waals surface area contributed by atoms with Crippen LogP contribution in [-0.2, 0) is 7.05 Å². The van der Waals surface area contributed by atoms with Crippen LogP contribution >= 0.6 is 12.2 Å². The lowest BCUT2D eigenvalue weighted by Gasteiger charge is -2.05. The highest BCUT2D eigenvalue weighted by Gasteiger charge is 2.12. The van der Waals surface area contributed by atoms with Crippen LogP contribution in [0.3, 0.4) is 0 Å². The first-order valence-electron chi connectivity index (χ1n) is 5.80. The largest absolute Gasteiger partial charge is 0.497 e. The van der Waals surface area contributed by atoms with Crippen molar-refractivity contribution >= 4 is 18.0 Å². The molecule has 0 saturated heterocycles. The Morgan fingerprint density at radius 2 is 2.00 bits per heavy atom. The van der Waals surface area contributed by atoms with E-state index >= 15 is 0 Å². The summed E-state index contributed by atoms with van der Waals surface area (Å²) in [6, 6.07) is 7.10. The molecule has 1 N–H and O–H groups in total. The molecular formula is C12H11N5O2S. The summed E-state index contributed by atoms with van der Waals surface area (Å²) in [6.45, 7) is 0. The molecule has 0 aliphatic carbocycles. The fraction of sp³-hybridized carbons (Fsp3) is 0.167. The number of fused-ring (bicyclic) bond motifs is 1. The van der Waals surface area contributed by atoms with Crippen molar-refractivity contribution in [3.05, 3.63) is 39.4 Å². The maximum atomic E-state index is 12.3. The fourth-order valence-electron chi connectivity index (χ4n) is 1.91. The summed E-state index contributed by atoms with van der Waals surface area (Å²) in [4.78, 5) is 12.3. The molecule has 20 heavy (non-hydrogen) atoms. The Kier molecular flexibility index (Phi) is 2.87. The zero-order valence-electron chi connectivity index (χ0n) is 10.8. The van der Waals surface area contributed by atoms with Crippen molar-refractivity contribution in [2.24, 2.45) is 7.05 Å². The van der Waals surface area contributed by atoms with E-state index in [4.69, 9.17) is 17.0 Å². The maximum absolute atomic E-state index is 12.3. The van der Waals surface area contributed by atoms with E-state index < -0.39 is 0 Å². The highest BCUT2D eigenvalue weighted by atomic mass is 32.1. The molecule has 0 aliphatic rings. The predicted octanol–water partition coefficient (Wildman–Crippen LogP) is 1.16. The van der Waals surface area contributed by atoms with Gasteiger partial charge in [0.2, 0.25) is 4.77 Å². The van der Waals surface area contributed by atoms with Crippen LogP contribution in [0, 0.1) is 4.77 Å². The molecule has 0 aliphatic heterocycles.